The fraction of sp³-hybridized carbons (Fsp3) is 0.842. The SMILES string of the molecule is C=CCOC(=O)NC1C(O)[C@@H](O)[C@H](CO)O[C@H]1O[C@@H]1CC(C(=O)OC)CC(C=C)C1OC1O[C@@H](C)C(OCCCC)[C@H](OCCCC)[C@@H]1OCCCC. The van der Waals surface area contributed by atoms with Crippen molar-refractivity contribution in [1.29, 1.82) is 0 Å². The standard InChI is InChI=1S/C38H65NO14/c1-8-13-17-46-31-23(6)50-37(34(48-19-15-10-3)33(31)47-18-14-9-2)53-32-24(12-5)20-25(35(43)45-7)21-26(32)51-36-28(39-38(44)49-16-11-4)30(42)29(41)27(22-40)52-36/h11-12,23-34,36-37,40-42H,4-5,8-10,13-22H2,1-3,6-7H3,(H,39,44)/t23-,24?,25?,26+,27-,28?,29-,30?,31?,32?,33-,34-,36+,37?/m0/s1. The molecule has 7 unspecified atom stereocenters. The highest BCUT2D eigenvalue weighted by atomic mass is 16.7. The van der Waals surface area contributed by atoms with Gasteiger partial charge in [-0.25, -0.2) is 4.79 Å². The number of aliphatic hydroxyl groups is 3. The van der Waals surface area contributed by atoms with E-state index in [1.165, 1.54) is 13.2 Å². The Balaban J connectivity index is 2.01. The molecule has 0 radical (unpaired) electrons. The highest BCUT2D eigenvalue weighted by Crippen LogP contribution is 2.40. The Morgan fingerprint density at radius 1 is 0.830 bits per heavy atom. The van der Waals surface area contributed by atoms with Gasteiger partial charge in [-0.15, -0.1) is 6.58 Å². The lowest BCUT2D eigenvalue weighted by Gasteiger charge is -2.49. The molecule has 2 saturated heterocycles. The molecule has 15 heteroatoms. The molecule has 0 aromatic rings. The fourth-order valence-corrected chi connectivity index (χ4v) is 6.92. The molecule has 3 fully saturated rings. The van der Waals surface area contributed by atoms with Crippen molar-refractivity contribution in [2.75, 3.05) is 40.1 Å². The predicted molar refractivity (Wildman–Crippen MR) is 193 cm³/mol. The van der Waals surface area contributed by atoms with Crippen LogP contribution in [0.25, 0.3) is 0 Å². The van der Waals surface area contributed by atoms with Crippen LogP contribution in [0, 0.1) is 11.8 Å². The minimum atomic E-state index is -1.62. The molecule has 1 saturated carbocycles. The Labute approximate surface area is 314 Å². The molecule has 1 amide bonds. The summed E-state index contributed by atoms with van der Waals surface area (Å²) in [5.74, 6) is -1.56. The van der Waals surface area contributed by atoms with Gasteiger partial charge in [-0.05, 0) is 39.0 Å². The van der Waals surface area contributed by atoms with Gasteiger partial charge in [0.05, 0.1) is 37.9 Å². The summed E-state index contributed by atoms with van der Waals surface area (Å²) in [6.07, 6.45) is -2.76. The number of alkyl carbamates (subject to hydrolysis) is 1. The lowest BCUT2D eigenvalue weighted by Crippen LogP contribution is -2.66. The first-order valence-electron chi connectivity index (χ1n) is 19.3. The number of aliphatic hydroxyl groups excluding tert-OH is 3. The molecule has 0 aromatic carbocycles. The number of carbonyl (C=O) groups excluding carboxylic acids is 2. The van der Waals surface area contributed by atoms with Crippen LogP contribution in [0.5, 0.6) is 0 Å². The van der Waals surface area contributed by atoms with Crippen molar-refractivity contribution in [3.05, 3.63) is 25.3 Å². The third-order valence-electron chi connectivity index (χ3n) is 9.95. The Morgan fingerprint density at radius 2 is 1.45 bits per heavy atom. The summed E-state index contributed by atoms with van der Waals surface area (Å²) in [5, 5.41) is 34.3. The maximum atomic E-state index is 13.0. The number of nitrogens with one attached hydrogen (secondary N) is 1. The van der Waals surface area contributed by atoms with Gasteiger partial charge in [0.15, 0.2) is 12.6 Å². The minimum absolute atomic E-state index is 0.0976. The van der Waals surface area contributed by atoms with Gasteiger partial charge >= 0.3 is 12.1 Å². The third-order valence-corrected chi connectivity index (χ3v) is 9.95. The van der Waals surface area contributed by atoms with Gasteiger partial charge in [0.2, 0.25) is 0 Å². The van der Waals surface area contributed by atoms with Crippen LogP contribution < -0.4 is 5.32 Å². The van der Waals surface area contributed by atoms with Gasteiger partial charge in [0, 0.05) is 25.7 Å². The lowest BCUT2D eigenvalue weighted by molar-refractivity contribution is -0.346. The molecule has 15 nitrogen and oxygen atoms in total. The summed E-state index contributed by atoms with van der Waals surface area (Å²) in [5.41, 5.74) is 0. The summed E-state index contributed by atoms with van der Waals surface area (Å²) in [6.45, 7) is 16.5. The second-order valence-corrected chi connectivity index (χ2v) is 13.9. The largest absolute Gasteiger partial charge is 0.469 e. The number of rotatable bonds is 22. The van der Waals surface area contributed by atoms with Crippen molar-refractivity contribution in [1.82, 2.24) is 5.32 Å². The van der Waals surface area contributed by atoms with Crippen LogP contribution in [0.15, 0.2) is 25.3 Å². The van der Waals surface area contributed by atoms with Crippen LogP contribution >= 0.6 is 0 Å². The van der Waals surface area contributed by atoms with E-state index in [1.807, 2.05) is 6.92 Å². The molecule has 4 N–H and O–H groups in total. The van der Waals surface area contributed by atoms with E-state index in [2.05, 4.69) is 39.2 Å². The Kier molecular flexibility index (Phi) is 20.2. The topological polar surface area (TPSA) is 190 Å². The summed E-state index contributed by atoms with van der Waals surface area (Å²) >= 11 is 0. The van der Waals surface area contributed by atoms with Crippen molar-refractivity contribution in [3.63, 3.8) is 0 Å². The summed E-state index contributed by atoms with van der Waals surface area (Å²) in [4.78, 5) is 25.6. The molecule has 53 heavy (non-hydrogen) atoms. The maximum absolute atomic E-state index is 13.0. The predicted octanol–water partition coefficient (Wildman–Crippen LogP) is 3.16. The van der Waals surface area contributed by atoms with E-state index in [-0.39, 0.29) is 13.0 Å². The van der Waals surface area contributed by atoms with Gasteiger partial charge < -0.3 is 63.3 Å². The number of carbonyl (C=O) groups is 2. The normalized spacial score (nSPS) is 36.0. The number of esters is 1. The van der Waals surface area contributed by atoms with Gasteiger partial charge in [-0.1, -0.05) is 58.8 Å². The molecule has 0 bridgehead atoms. The molecule has 2 aliphatic heterocycles. The van der Waals surface area contributed by atoms with E-state index >= 15 is 0 Å². The zero-order valence-electron chi connectivity index (χ0n) is 32.2. The zero-order valence-corrected chi connectivity index (χ0v) is 32.2. The second-order valence-electron chi connectivity index (χ2n) is 13.9. The Bertz CT molecular complexity index is 1100. The van der Waals surface area contributed by atoms with E-state index < -0.39 is 104 Å². The van der Waals surface area contributed by atoms with E-state index in [0.29, 0.717) is 26.2 Å². The van der Waals surface area contributed by atoms with Crippen LogP contribution in [0.2, 0.25) is 0 Å². The molecule has 3 rings (SSSR count). The highest BCUT2D eigenvalue weighted by molar-refractivity contribution is 5.72. The summed E-state index contributed by atoms with van der Waals surface area (Å²) in [6, 6.07) is -1.35. The van der Waals surface area contributed by atoms with Crippen molar-refractivity contribution in [3.8, 4) is 0 Å². The fourth-order valence-electron chi connectivity index (χ4n) is 6.92. The molecule has 2 heterocycles. The molecule has 0 aromatic heterocycles. The first kappa shape index (κ1) is 45.2. The average molecular weight is 760 g/mol. The monoisotopic (exact) mass is 759 g/mol. The minimum Gasteiger partial charge on any atom is -0.469 e. The van der Waals surface area contributed by atoms with Crippen LogP contribution in [0.1, 0.15) is 79.1 Å². The van der Waals surface area contributed by atoms with Gasteiger partial charge in [-0.3, -0.25) is 4.79 Å². The first-order chi connectivity index (χ1) is 25.6. The summed E-state index contributed by atoms with van der Waals surface area (Å²) < 4.78 is 55.5. The summed E-state index contributed by atoms with van der Waals surface area (Å²) in [7, 11) is 1.31. The van der Waals surface area contributed by atoms with Crippen LogP contribution in [0.3, 0.4) is 0 Å². The molecule has 1 aliphatic carbocycles. The molecule has 306 valence electrons. The van der Waals surface area contributed by atoms with Gasteiger partial charge in [-0.2, -0.15) is 0 Å². The maximum Gasteiger partial charge on any atom is 0.407 e. The molecule has 3 aliphatic rings. The number of methoxy groups -OCH3 is 1. The number of unbranched alkanes of at least 4 members (excludes halogenated alkanes) is 3. The third kappa shape index (κ3) is 12.7. The van der Waals surface area contributed by atoms with Crippen LogP contribution in [-0.2, 0) is 47.4 Å². The van der Waals surface area contributed by atoms with Crippen LogP contribution in [0.4, 0.5) is 4.79 Å². The van der Waals surface area contributed by atoms with E-state index in [1.54, 1.807) is 6.08 Å². The van der Waals surface area contributed by atoms with Crippen molar-refractivity contribution < 1.29 is 67.5 Å². The average Bonchev–Trinajstić information content (AvgIpc) is 3.15. The zero-order chi connectivity index (χ0) is 38.9. The number of amides is 1. The van der Waals surface area contributed by atoms with Crippen molar-refractivity contribution in [2.24, 2.45) is 11.8 Å². The Hall–Kier alpha value is -2.18. The smallest absolute Gasteiger partial charge is 0.407 e. The molecular formula is C38H65NO14. The van der Waals surface area contributed by atoms with E-state index in [4.69, 9.17) is 42.6 Å². The van der Waals surface area contributed by atoms with Gasteiger partial charge in [0.1, 0.15) is 49.3 Å². The Morgan fingerprint density at radius 3 is 2.02 bits per heavy atom. The van der Waals surface area contributed by atoms with Crippen LogP contribution in [-0.4, -0.2) is 141 Å². The quantitative estimate of drug-likeness (QED) is 0.0716. The lowest BCUT2D eigenvalue weighted by atomic mass is 9.77. The second kappa shape index (κ2) is 23.7. The molecule has 14 atom stereocenters. The van der Waals surface area contributed by atoms with E-state index in [9.17, 15) is 24.9 Å². The number of hydrogen-bond donors (Lipinski definition) is 4. The van der Waals surface area contributed by atoms with E-state index in [0.717, 1.165) is 38.5 Å². The van der Waals surface area contributed by atoms with Crippen molar-refractivity contribution in [2.45, 2.75) is 153 Å². The highest BCUT2D eigenvalue weighted by Gasteiger charge is 2.53. The molecule has 0 spiro atoms. The molecular weight excluding hydrogens is 694 g/mol. The van der Waals surface area contributed by atoms with Gasteiger partial charge in [0.25, 0.3) is 0 Å². The first-order valence-corrected chi connectivity index (χ1v) is 19.3. The van der Waals surface area contributed by atoms with Crippen molar-refractivity contribution >= 4 is 12.1 Å². The number of hydrogen-bond acceptors (Lipinski definition) is 14. The number of ether oxygens (including phenoxy) is 9.